The van der Waals surface area contributed by atoms with Gasteiger partial charge in [0.1, 0.15) is 0 Å². The summed E-state index contributed by atoms with van der Waals surface area (Å²) in [4.78, 5) is 14.5. The summed E-state index contributed by atoms with van der Waals surface area (Å²) in [6.45, 7) is 0.776. The topological polar surface area (TPSA) is 32.3 Å². The zero-order valence-corrected chi connectivity index (χ0v) is 15.0. The molecule has 0 aliphatic carbocycles. The van der Waals surface area contributed by atoms with Crippen molar-refractivity contribution in [3.8, 4) is 0 Å². The van der Waals surface area contributed by atoms with Crippen molar-refractivity contribution in [1.82, 2.24) is 4.90 Å². The standard InChI is InChI=1S/C16H16Br2N2O/c1-20(2)10-11-5-3-4-6-15(11)19-16(21)13-8-7-12(17)9-14(13)18/h3-9H,10H2,1-2H3,(H,19,21). The third-order valence-corrected chi connectivity index (χ3v) is 4.08. The molecule has 0 saturated carbocycles. The number of para-hydroxylation sites is 1. The molecule has 0 heterocycles. The first-order chi connectivity index (χ1) is 9.97. The first-order valence-corrected chi connectivity index (χ1v) is 8.05. The van der Waals surface area contributed by atoms with E-state index in [9.17, 15) is 4.79 Å². The Morgan fingerprint density at radius 3 is 2.52 bits per heavy atom. The van der Waals surface area contributed by atoms with Crippen LogP contribution in [0, 0.1) is 0 Å². The number of nitrogens with zero attached hydrogens (tertiary/aromatic N) is 1. The van der Waals surface area contributed by atoms with Crippen molar-refractivity contribution in [3.63, 3.8) is 0 Å². The SMILES string of the molecule is CN(C)Cc1ccccc1NC(=O)c1ccc(Br)cc1Br. The molecule has 2 rings (SSSR count). The van der Waals surface area contributed by atoms with Gasteiger partial charge in [0.05, 0.1) is 5.56 Å². The Morgan fingerprint density at radius 1 is 1.14 bits per heavy atom. The van der Waals surface area contributed by atoms with E-state index in [0.717, 1.165) is 26.7 Å². The summed E-state index contributed by atoms with van der Waals surface area (Å²) >= 11 is 6.80. The quantitative estimate of drug-likeness (QED) is 0.801. The highest BCUT2D eigenvalue weighted by atomic mass is 79.9. The van der Waals surface area contributed by atoms with E-state index in [0.29, 0.717) is 5.56 Å². The van der Waals surface area contributed by atoms with Gasteiger partial charge in [-0.3, -0.25) is 4.79 Å². The van der Waals surface area contributed by atoms with Crippen LogP contribution >= 0.6 is 31.9 Å². The van der Waals surface area contributed by atoms with E-state index in [1.807, 2.05) is 50.5 Å². The summed E-state index contributed by atoms with van der Waals surface area (Å²) in [6, 6.07) is 13.3. The van der Waals surface area contributed by atoms with Crippen molar-refractivity contribution in [2.24, 2.45) is 0 Å². The van der Waals surface area contributed by atoms with Crippen LogP contribution in [-0.4, -0.2) is 24.9 Å². The maximum absolute atomic E-state index is 12.4. The maximum Gasteiger partial charge on any atom is 0.256 e. The zero-order chi connectivity index (χ0) is 15.4. The highest BCUT2D eigenvalue weighted by Gasteiger charge is 2.12. The van der Waals surface area contributed by atoms with E-state index in [1.165, 1.54) is 0 Å². The predicted octanol–water partition coefficient (Wildman–Crippen LogP) is 4.53. The van der Waals surface area contributed by atoms with Gasteiger partial charge in [0.2, 0.25) is 0 Å². The van der Waals surface area contributed by atoms with E-state index in [1.54, 1.807) is 6.07 Å². The Morgan fingerprint density at radius 2 is 1.86 bits per heavy atom. The first-order valence-electron chi connectivity index (χ1n) is 6.46. The molecule has 110 valence electrons. The van der Waals surface area contributed by atoms with Crippen molar-refractivity contribution in [1.29, 1.82) is 0 Å². The fourth-order valence-corrected chi connectivity index (χ4v) is 3.21. The maximum atomic E-state index is 12.4. The lowest BCUT2D eigenvalue weighted by molar-refractivity contribution is 0.102. The number of hydrogen-bond donors (Lipinski definition) is 1. The second-order valence-corrected chi connectivity index (χ2v) is 6.74. The van der Waals surface area contributed by atoms with E-state index >= 15 is 0 Å². The molecule has 0 aliphatic heterocycles. The molecule has 0 atom stereocenters. The van der Waals surface area contributed by atoms with Crippen LogP contribution in [0.25, 0.3) is 0 Å². The summed E-state index contributed by atoms with van der Waals surface area (Å²) in [5.74, 6) is -0.124. The third-order valence-electron chi connectivity index (χ3n) is 2.93. The lowest BCUT2D eigenvalue weighted by Gasteiger charge is -2.15. The molecule has 1 amide bonds. The molecule has 0 spiro atoms. The highest BCUT2D eigenvalue weighted by Crippen LogP contribution is 2.24. The van der Waals surface area contributed by atoms with Crippen LogP contribution in [0.1, 0.15) is 15.9 Å². The van der Waals surface area contributed by atoms with Crippen LogP contribution in [0.4, 0.5) is 5.69 Å². The Kier molecular flexibility index (Phi) is 5.56. The molecule has 2 aromatic carbocycles. The molecule has 0 aromatic heterocycles. The van der Waals surface area contributed by atoms with E-state index in [2.05, 4.69) is 42.1 Å². The average molecular weight is 412 g/mol. The molecule has 2 aromatic rings. The summed E-state index contributed by atoms with van der Waals surface area (Å²) in [7, 11) is 4.01. The van der Waals surface area contributed by atoms with E-state index < -0.39 is 0 Å². The Hall–Kier alpha value is -1.17. The minimum Gasteiger partial charge on any atom is -0.322 e. The van der Waals surface area contributed by atoms with Gasteiger partial charge in [0.15, 0.2) is 0 Å². The van der Waals surface area contributed by atoms with Crippen molar-refractivity contribution in [2.45, 2.75) is 6.54 Å². The number of anilines is 1. The van der Waals surface area contributed by atoms with Crippen LogP contribution in [0.2, 0.25) is 0 Å². The van der Waals surface area contributed by atoms with Crippen LogP contribution < -0.4 is 5.32 Å². The first kappa shape index (κ1) is 16.2. The Bertz CT molecular complexity index is 656. The third kappa shape index (κ3) is 4.40. The number of benzene rings is 2. The number of amides is 1. The molecule has 0 aliphatic rings. The molecule has 0 fully saturated rings. The summed E-state index contributed by atoms with van der Waals surface area (Å²) in [5.41, 5.74) is 2.54. The molecule has 21 heavy (non-hydrogen) atoms. The molecule has 0 saturated heterocycles. The van der Waals surface area contributed by atoms with Crippen molar-refractivity contribution in [3.05, 3.63) is 62.5 Å². The minimum atomic E-state index is -0.124. The largest absolute Gasteiger partial charge is 0.322 e. The lowest BCUT2D eigenvalue weighted by atomic mass is 10.1. The normalized spacial score (nSPS) is 10.7. The number of nitrogens with one attached hydrogen (secondary N) is 1. The summed E-state index contributed by atoms with van der Waals surface area (Å²) in [5, 5.41) is 2.98. The number of rotatable bonds is 4. The Balaban J connectivity index is 2.23. The second-order valence-electron chi connectivity index (χ2n) is 4.97. The van der Waals surface area contributed by atoms with Gasteiger partial charge in [-0.15, -0.1) is 0 Å². The van der Waals surface area contributed by atoms with Crippen molar-refractivity contribution < 1.29 is 4.79 Å². The van der Waals surface area contributed by atoms with Gasteiger partial charge in [-0.05, 0) is 59.9 Å². The predicted molar refractivity (Wildman–Crippen MR) is 93.6 cm³/mol. The van der Waals surface area contributed by atoms with Gasteiger partial charge in [-0.2, -0.15) is 0 Å². The molecular formula is C16H16Br2N2O. The number of carbonyl (C=O) groups is 1. The van der Waals surface area contributed by atoms with Gasteiger partial charge in [-0.1, -0.05) is 34.1 Å². The van der Waals surface area contributed by atoms with Crippen LogP contribution in [-0.2, 0) is 6.54 Å². The molecular weight excluding hydrogens is 396 g/mol. The fourth-order valence-electron chi connectivity index (χ4n) is 1.98. The number of carbonyl (C=O) groups excluding carboxylic acids is 1. The van der Waals surface area contributed by atoms with Crippen molar-refractivity contribution >= 4 is 43.5 Å². The zero-order valence-electron chi connectivity index (χ0n) is 11.9. The van der Waals surface area contributed by atoms with Crippen molar-refractivity contribution in [2.75, 3.05) is 19.4 Å². The highest BCUT2D eigenvalue weighted by molar-refractivity contribution is 9.11. The second kappa shape index (κ2) is 7.20. The Labute approximate surface area is 141 Å². The van der Waals surface area contributed by atoms with Gasteiger partial charge < -0.3 is 10.2 Å². The molecule has 0 radical (unpaired) electrons. The molecule has 5 heteroatoms. The average Bonchev–Trinajstić information content (AvgIpc) is 2.40. The van der Waals surface area contributed by atoms with Crippen LogP contribution in [0.3, 0.4) is 0 Å². The van der Waals surface area contributed by atoms with E-state index in [-0.39, 0.29) is 5.91 Å². The fraction of sp³-hybridized carbons (Fsp3) is 0.188. The number of halogens is 2. The summed E-state index contributed by atoms with van der Waals surface area (Å²) < 4.78 is 1.69. The van der Waals surface area contributed by atoms with Crippen LogP contribution in [0.5, 0.6) is 0 Å². The van der Waals surface area contributed by atoms with Crippen LogP contribution in [0.15, 0.2) is 51.4 Å². The van der Waals surface area contributed by atoms with E-state index in [4.69, 9.17) is 0 Å². The lowest BCUT2D eigenvalue weighted by Crippen LogP contribution is -2.17. The molecule has 0 unspecified atom stereocenters. The van der Waals surface area contributed by atoms with Gasteiger partial charge in [-0.25, -0.2) is 0 Å². The van der Waals surface area contributed by atoms with Gasteiger partial charge >= 0.3 is 0 Å². The van der Waals surface area contributed by atoms with Gasteiger partial charge in [0.25, 0.3) is 5.91 Å². The molecule has 3 nitrogen and oxygen atoms in total. The molecule has 1 N–H and O–H groups in total. The number of hydrogen-bond acceptors (Lipinski definition) is 2. The smallest absolute Gasteiger partial charge is 0.256 e. The van der Waals surface area contributed by atoms with Gasteiger partial charge in [0, 0.05) is 21.2 Å². The molecule has 0 bridgehead atoms. The summed E-state index contributed by atoms with van der Waals surface area (Å²) in [6.07, 6.45) is 0. The monoisotopic (exact) mass is 410 g/mol. The minimum absolute atomic E-state index is 0.124.